The van der Waals surface area contributed by atoms with Crippen molar-refractivity contribution in [2.75, 3.05) is 23.4 Å². The lowest BCUT2D eigenvalue weighted by Gasteiger charge is -2.34. The molecule has 1 aromatic heterocycles. The van der Waals surface area contributed by atoms with Gasteiger partial charge < -0.3 is 20.1 Å². The summed E-state index contributed by atoms with van der Waals surface area (Å²) in [5.74, 6) is 0.885. The third-order valence-corrected chi connectivity index (χ3v) is 7.65. The van der Waals surface area contributed by atoms with Crippen molar-refractivity contribution >= 4 is 29.2 Å². The first kappa shape index (κ1) is 29.1. The molecule has 2 N–H and O–H groups in total. The van der Waals surface area contributed by atoms with Crippen LogP contribution in [0.4, 0.5) is 11.5 Å². The monoisotopic (exact) mass is 570 g/mol. The number of benzene rings is 2. The predicted molar refractivity (Wildman–Crippen MR) is 161 cm³/mol. The van der Waals surface area contributed by atoms with Crippen molar-refractivity contribution in [1.82, 2.24) is 10.3 Å². The van der Waals surface area contributed by atoms with Crippen LogP contribution >= 0.6 is 0 Å². The van der Waals surface area contributed by atoms with Crippen LogP contribution in [0.5, 0.6) is 11.5 Å². The van der Waals surface area contributed by atoms with Crippen LogP contribution in [0.1, 0.15) is 68.5 Å². The van der Waals surface area contributed by atoms with Crippen molar-refractivity contribution in [3.8, 4) is 11.5 Å². The Morgan fingerprint density at radius 1 is 0.929 bits per heavy atom. The number of carbonyl (C=O) groups excluding carboxylic acids is 3. The van der Waals surface area contributed by atoms with E-state index in [-0.39, 0.29) is 36.6 Å². The Morgan fingerprint density at radius 2 is 1.69 bits per heavy atom. The highest BCUT2D eigenvalue weighted by Gasteiger charge is 2.34. The molecule has 1 atom stereocenters. The maximum atomic E-state index is 14.1. The number of rotatable bonds is 10. The smallest absolute Gasteiger partial charge is 0.248 e. The summed E-state index contributed by atoms with van der Waals surface area (Å²) in [4.78, 5) is 46.3. The molecule has 2 aliphatic rings. The fourth-order valence-electron chi connectivity index (χ4n) is 5.48. The second-order valence-electron chi connectivity index (χ2n) is 10.9. The molecule has 220 valence electrons. The standard InChI is InChI=1S/C33H38N4O5/c1-23-13-15-24(16-14-23)32(33(40)35-25-8-3-2-4-9-25)37(26-17-18-27-28(22-26)42-21-20-41-27)31(39)12-7-11-30(38)36-29-10-5-6-19-34-29/h5-6,10,13-19,22,25,32H,2-4,7-9,11-12,20-21H2,1H3,(H,35,40)(H,34,36,38)/t32-/m0/s1. The Morgan fingerprint density at radius 3 is 2.43 bits per heavy atom. The summed E-state index contributed by atoms with van der Waals surface area (Å²) in [6.45, 7) is 2.84. The molecule has 3 aromatic rings. The zero-order valence-corrected chi connectivity index (χ0v) is 24.0. The van der Waals surface area contributed by atoms with Crippen molar-refractivity contribution in [1.29, 1.82) is 0 Å². The Balaban J connectivity index is 1.42. The Bertz CT molecular complexity index is 1370. The zero-order chi connectivity index (χ0) is 29.3. The number of fused-ring (bicyclic) bond motifs is 1. The van der Waals surface area contributed by atoms with Gasteiger partial charge in [-0.05, 0) is 56.0 Å². The minimum absolute atomic E-state index is 0.0726. The number of carbonyl (C=O) groups is 3. The molecular formula is C33H38N4O5. The van der Waals surface area contributed by atoms with Gasteiger partial charge in [-0.25, -0.2) is 4.98 Å². The largest absolute Gasteiger partial charge is 0.486 e. The van der Waals surface area contributed by atoms with Gasteiger partial charge in [-0.1, -0.05) is 55.2 Å². The number of anilines is 2. The van der Waals surface area contributed by atoms with Crippen molar-refractivity contribution in [3.63, 3.8) is 0 Å². The van der Waals surface area contributed by atoms with E-state index in [9.17, 15) is 14.4 Å². The molecule has 1 saturated carbocycles. The summed E-state index contributed by atoms with van der Waals surface area (Å²) < 4.78 is 11.5. The molecule has 1 aliphatic carbocycles. The van der Waals surface area contributed by atoms with Crippen molar-refractivity contribution in [2.24, 2.45) is 0 Å². The molecule has 0 spiro atoms. The van der Waals surface area contributed by atoms with Crippen molar-refractivity contribution in [2.45, 2.75) is 70.4 Å². The first-order valence-corrected chi connectivity index (χ1v) is 14.8. The normalized spacial score (nSPS) is 15.4. The third kappa shape index (κ3) is 7.46. The molecule has 0 unspecified atom stereocenters. The average Bonchev–Trinajstić information content (AvgIpc) is 3.01. The van der Waals surface area contributed by atoms with E-state index >= 15 is 0 Å². The van der Waals surface area contributed by atoms with E-state index in [1.54, 1.807) is 47.5 Å². The highest BCUT2D eigenvalue weighted by molar-refractivity contribution is 6.02. The van der Waals surface area contributed by atoms with E-state index in [1.165, 1.54) is 6.42 Å². The molecule has 0 radical (unpaired) electrons. The van der Waals surface area contributed by atoms with Gasteiger partial charge in [-0.3, -0.25) is 19.3 Å². The van der Waals surface area contributed by atoms with Crippen LogP contribution in [0.25, 0.3) is 0 Å². The van der Waals surface area contributed by atoms with Gasteiger partial charge in [0.05, 0.1) is 0 Å². The Hall–Kier alpha value is -4.40. The van der Waals surface area contributed by atoms with Crippen LogP contribution in [-0.4, -0.2) is 42.0 Å². The number of nitrogens with zero attached hydrogens (tertiary/aromatic N) is 2. The highest BCUT2D eigenvalue weighted by Crippen LogP contribution is 2.38. The Kier molecular flexibility index (Phi) is 9.69. The molecule has 5 rings (SSSR count). The molecule has 2 heterocycles. The molecule has 0 saturated heterocycles. The van der Waals surface area contributed by atoms with Crippen molar-refractivity contribution < 1.29 is 23.9 Å². The fraction of sp³-hybridized carbons (Fsp3) is 0.394. The maximum absolute atomic E-state index is 14.1. The number of pyridine rings is 1. The van der Waals surface area contributed by atoms with Crippen LogP contribution in [0.15, 0.2) is 66.9 Å². The molecule has 42 heavy (non-hydrogen) atoms. The molecule has 9 heteroatoms. The number of aryl methyl sites for hydroxylation is 1. The molecule has 1 fully saturated rings. The number of ether oxygens (including phenoxy) is 2. The maximum Gasteiger partial charge on any atom is 0.248 e. The summed E-state index contributed by atoms with van der Waals surface area (Å²) in [6.07, 6.45) is 7.30. The molecule has 9 nitrogen and oxygen atoms in total. The second-order valence-corrected chi connectivity index (χ2v) is 10.9. The van der Waals surface area contributed by atoms with E-state index in [0.717, 1.165) is 31.2 Å². The first-order valence-electron chi connectivity index (χ1n) is 14.8. The van der Waals surface area contributed by atoms with Crippen LogP contribution in [-0.2, 0) is 14.4 Å². The summed E-state index contributed by atoms with van der Waals surface area (Å²) in [6, 6.07) is 17.5. The lowest BCUT2D eigenvalue weighted by Crippen LogP contribution is -2.47. The number of aromatic nitrogens is 1. The van der Waals surface area contributed by atoms with Gasteiger partial charge in [-0.2, -0.15) is 0 Å². The van der Waals surface area contributed by atoms with E-state index < -0.39 is 6.04 Å². The highest BCUT2D eigenvalue weighted by atomic mass is 16.6. The molecule has 2 aromatic carbocycles. The topological polar surface area (TPSA) is 110 Å². The van der Waals surface area contributed by atoms with Crippen LogP contribution in [0.3, 0.4) is 0 Å². The van der Waals surface area contributed by atoms with Gasteiger partial charge in [0.25, 0.3) is 0 Å². The number of amides is 3. The van der Waals surface area contributed by atoms with Gasteiger partial charge in [0.1, 0.15) is 25.1 Å². The molecular weight excluding hydrogens is 532 g/mol. The summed E-state index contributed by atoms with van der Waals surface area (Å²) >= 11 is 0. The second kappa shape index (κ2) is 14.0. The van der Waals surface area contributed by atoms with Crippen molar-refractivity contribution in [3.05, 3.63) is 78.0 Å². The van der Waals surface area contributed by atoms with Gasteiger partial charge in [0, 0.05) is 36.8 Å². The van der Waals surface area contributed by atoms with Crippen LogP contribution < -0.4 is 25.0 Å². The van der Waals surface area contributed by atoms with E-state index in [4.69, 9.17) is 9.47 Å². The van der Waals surface area contributed by atoms with E-state index in [0.29, 0.717) is 48.2 Å². The SMILES string of the molecule is Cc1ccc([C@@H](C(=O)NC2CCCCC2)N(C(=O)CCCC(=O)Nc2ccccn2)c2ccc3c(c2)OCCO3)cc1. The van der Waals surface area contributed by atoms with Gasteiger partial charge >= 0.3 is 0 Å². The Labute approximate surface area is 246 Å². The molecule has 3 amide bonds. The minimum Gasteiger partial charge on any atom is -0.486 e. The van der Waals surface area contributed by atoms with E-state index in [2.05, 4.69) is 15.6 Å². The quantitative estimate of drug-likeness (QED) is 0.334. The minimum atomic E-state index is -0.898. The lowest BCUT2D eigenvalue weighted by atomic mass is 9.94. The number of hydrogen-bond donors (Lipinski definition) is 2. The molecule has 1 aliphatic heterocycles. The van der Waals surface area contributed by atoms with Gasteiger partial charge in [0.15, 0.2) is 11.5 Å². The third-order valence-electron chi connectivity index (χ3n) is 7.65. The first-order chi connectivity index (χ1) is 20.5. The fourth-order valence-corrected chi connectivity index (χ4v) is 5.48. The van der Waals surface area contributed by atoms with Gasteiger partial charge in [0.2, 0.25) is 17.7 Å². The summed E-state index contributed by atoms with van der Waals surface area (Å²) in [5, 5.41) is 6.00. The number of nitrogens with one attached hydrogen (secondary N) is 2. The predicted octanol–water partition coefficient (Wildman–Crippen LogP) is 5.49. The number of hydrogen-bond acceptors (Lipinski definition) is 6. The van der Waals surface area contributed by atoms with Gasteiger partial charge in [-0.15, -0.1) is 0 Å². The van der Waals surface area contributed by atoms with Crippen LogP contribution in [0.2, 0.25) is 0 Å². The summed E-state index contributed by atoms with van der Waals surface area (Å²) in [5.41, 5.74) is 2.30. The van der Waals surface area contributed by atoms with Crippen LogP contribution in [0, 0.1) is 6.92 Å². The average molecular weight is 571 g/mol. The van der Waals surface area contributed by atoms with E-state index in [1.807, 2.05) is 31.2 Å². The summed E-state index contributed by atoms with van der Waals surface area (Å²) in [7, 11) is 0. The zero-order valence-electron chi connectivity index (χ0n) is 24.0. The molecule has 0 bridgehead atoms. The lowest BCUT2D eigenvalue weighted by molar-refractivity contribution is -0.127.